The molecule has 16 nitrogen and oxygen atoms in total. The average molecular weight is 880 g/mol. The molecule has 0 radical (unpaired) electrons. The number of amides is 3. The second-order valence-corrected chi connectivity index (χ2v) is 18.9. The number of nitrogens with two attached hydrogens (primary N) is 1. The van der Waals surface area contributed by atoms with E-state index in [2.05, 4.69) is 30.8 Å². The van der Waals surface area contributed by atoms with E-state index in [4.69, 9.17) is 10.5 Å². The van der Waals surface area contributed by atoms with Crippen LogP contribution in [0.4, 0.5) is 5.69 Å². The zero-order chi connectivity index (χ0) is 45.7. The van der Waals surface area contributed by atoms with E-state index in [0.29, 0.717) is 42.9 Å². The Hall–Kier alpha value is -4.90. The molecule has 0 aliphatic carbocycles. The molecule has 3 amide bonds. The highest BCUT2D eigenvalue weighted by molar-refractivity contribution is 7.09. The van der Waals surface area contributed by atoms with Crippen LogP contribution < -0.4 is 16.4 Å². The summed E-state index contributed by atoms with van der Waals surface area (Å²) in [5.41, 5.74) is 7.18. The van der Waals surface area contributed by atoms with E-state index in [0.717, 1.165) is 43.5 Å². The highest BCUT2D eigenvalue weighted by Gasteiger charge is 2.39. The van der Waals surface area contributed by atoms with E-state index < -0.39 is 47.5 Å². The molecule has 0 spiro atoms. The molecule has 1 saturated heterocycles. The number of likely N-dealkylation sites (N-methyl/N-ethyl adjacent to an activating group) is 1. The molecule has 5 N–H and O–H groups in total. The number of thiazole rings is 1. The van der Waals surface area contributed by atoms with Crippen LogP contribution in [0.1, 0.15) is 133 Å². The van der Waals surface area contributed by atoms with Crippen LogP contribution in [0.2, 0.25) is 0 Å². The fourth-order valence-electron chi connectivity index (χ4n) is 8.05. The predicted molar refractivity (Wildman–Crippen MR) is 239 cm³/mol. The first-order chi connectivity index (χ1) is 29.3. The first-order valence-electron chi connectivity index (χ1n) is 22.0. The van der Waals surface area contributed by atoms with Gasteiger partial charge in [0.2, 0.25) is 11.8 Å². The minimum absolute atomic E-state index is 0.0999. The van der Waals surface area contributed by atoms with Crippen LogP contribution in [-0.2, 0) is 43.8 Å². The highest BCUT2D eigenvalue weighted by atomic mass is 32.1. The topological polar surface area (TPSA) is 215 Å². The minimum Gasteiger partial charge on any atom is -0.481 e. The van der Waals surface area contributed by atoms with E-state index >= 15 is 4.79 Å². The lowest BCUT2D eigenvalue weighted by Gasteiger charge is -2.40. The van der Waals surface area contributed by atoms with Gasteiger partial charge in [0.15, 0.2) is 6.10 Å². The molecule has 6 atom stereocenters. The SMILES string of the molecule is CC[C@H](C)[C@H](NC(=O)[C@H]1CCCCN1C)C(=O)N(CCCCc1cn(C)nn1)[C@H](C[C@@H](OC(C)=O)c1nc(C(=O)N[C@@H](Cc2ccc(N)cc2)CC(C)(C)C(=O)O)cs1)C(C)C. The van der Waals surface area contributed by atoms with Crippen molar-refractivity contribution in [2.75, 3.05) is 25.9 Å². The maximum atomic E-state index is 15.0. The van der Waals surface area contributed by atoms with Crippen LogP contribution >= 0.6 is 11.3 Å². The molecule has 1 aliphatic rings. The van der Waals surface area contributed by atoms with Gasteiger partial charge in [-0.1, -0.05) is 57.9 Å². The minimum atomic E-state index is -1.13. The number of nitrogens with zero attached hydrogens (tertiary/aromatic N) is 6. The quantitative estimate of drug-likeness (QED) is 0.0522. The summed E-state index contributed by atoms with van der Waals surface area (Å²) >= 11 is 1.18. The van der Waals surface area contributed by atoms with Gasteiger partial charge in [0, 0.05) is 56.3 Å². The first kappa shape index (κ1) is 49.8. The molecule has 0 saturated carbocycles. The molecule has 0 unspecified atom stereocenters. The number of esters is 1. The highest BCUT2D eigenvalue weighted by Crippen LogP contribution is 2.32. The van der Waals surface area contributed by atoms with Crippen molar-refractivity contribution in [3.05, 3.63) is 57.8 Å². The van der Waals surface area contributed by atoms with Gasteiger partial charge in [-0.25, -0.2) is 4.98 Å². The van der Waals surface area contributed by atoms with Crippen molar-refractivity contribution in [1.82, 2.24) is 40.4 Å². The zero-order valence-corrected chi connectivity index (χ0v) is 38.9. The molecule has 4 rings (SSSR count). The molecular formula is C45H69N9O7S. The van der Waals surface area contributed by atoms with Gasteiger partial charge in [-0.15, -0.1) is 16.4 Å². The summed E-state index contributed by atoms with van der Waals surface area (Å²) < 4.78 is 7.60. The number of aryl methyl sites for hydroxylation is 2. The zero-order valence-electron chi connectivity index (χ0n) is 38.1. The number of carbonyl (C=O) groups excluding carboxylic acids is 4. The summed E-state index contributed by atoms with van der Waals surface area (Å²) in [6.07, 6.45) is 7.12. The van der Waals surface area contributed by atoms with Crippen LogP contribution in [-0.4, -0.2) is 109 Å². The maximum absolute atomic E-state index is 15.0. The second-order valence-electron chi connectivity index (χ2n) is 18.0. The van der Waals surface area contributed by atoms with Crippen molar-refractivity contribution in [2.45, 2.75) is 143 Å². The number of carboxylic acids is 1. The maximum Gasteiger partial charge on any atom is 0.309 e. The lowest BCUT2D eigenvalue weighted by molar-refractivity contribution is -0.150. The number of carboxylic acid groups (broad SMARTS) is 1. The molecule has 1 aliphatic heterocycles. The standard InChI is InChI=1S/C45H69N9O7S/c1-10-29(4)39(49-41(57)36-16-12-13-21-52(36)8)43(58)54(22-14-11-15-33-26-53(9)51-50-33)37(28(2)3)24-38(61-30(5)55)42-48-35(27-62-42)40(56)47-34(25-45(6,7)44(59)60)23-31-17-19-32(46)20-18-31/h17-20,26-29,34,36-39H,10-16,21-25,46H2,1-9H3,(H,47,56)(H,49,57)(H,59,60)/t29-,34-,36+,37+,38+,39-/m0/s1. The molecule has 3 heterocycles. The van der Waals surface area contributed by atoms with Crippen molar-refractivity contribution >= 4 is 46.7 Å². The summed E-state index contributed by atoms with van der Waals surface area (Å²) in [6, 6.07) is 5.11. The van der Waals surface area contributed by atoms with Gasteiger partial charge in [0.1, 0.15) is 16.7 Å². The van der Waals surface area contributed by atoms with Crippen LogP contribution in [0.3, 0.4) is 0 Å². The van der Waals surface area contributed by atoms with Crippen LogP contribution in [0.15, 0.2) is 35.8 Å². The predicted octanol–water partition coefficient (Wildman–Crippen LogP) is 5.58. The number of likely N-dealkylation sites (tertiary alicyclic amines) is 1. The number of nitrogen functional groups attached to an aromatic ring is 1. The van der Waals surface area contributed by atoms with Gasteiger partial charge >= 0.3 is 11.9 Å². The number of hydrogen-bond acceptors (Lipinski definition) is 12. The Bertz CT molecular complexity index is 1950. The summed E-state index contributed by atoms with van der Waals surface area (Å²) in [6.45, 7) is 13.8. The molecule has 342 valence electrons. The van der Waals surface area contributed by atoms with Crippen LogP contribution in [0, 0.1) is 17.3 Å². The van der Waals surface area contributed by atoms with Crippen molar-refractivity contribution in [3.63, 3.8) is 0 Å². The number of benzene rings is 1. The lowest BCUT2D eigenvalue weighted by Crippen LogP contribution is -2.59. The molecule has 17 heteroatoms. The molecular weight excluding hydrogens is 811 g/mol. The fraction of sp³-hybridized carbons (Fsp3) is 0.644. The third-order valence-corrected chi connectivity index (χ3v) is 12.9. The van der Waals surface area contributed by atoms with Gasteiger partial charge in [0.05, 0.1) is 17.2 Å². The second kappa shape index (κ2) is 23.0. The summed E-state index contributed by atoms with van der Waals surface area (Å²) in [4.78, 5) is 76.1. The largest absolute Gasteiger partial charge is 0.481 e. The normalized spacial score (nSPS) is 17.1. The van der Waals surface area contributed by atoms with Crippen molar-refractivity contribution in [3.8, 4) is 0 Å². The number of aromatic nitrogens is 4. The number of anilines is 1. The number of rotatable bonds is 23. The van der Waals surface area contributed by atoms with Crippen molar-refractivity contribution < 1.29 is 33.8 Å². The molecule has 62 heavy (non-hydrogen) atoms. The average Bonchev–Trinajstić information content (AvgIpc) is 3.88. The van der Waals surface area contributed by atoms with Gasteiger partial charge in [0.25, 0.3) is 5.91 Å². The van der Waals surface area contributed by atoms with Gasteiger partial charge in [-0.05, 0) is 102 Å². The van der Waals surface area contributed by atoms with Gasteiger partial charge < -0.3 is 31.1 Å². The molecule has 1 aromatic carbocycles. The van der Waals surface area contributed by atoms with Crippen LogP contribution in [0.25, 0.3) is 0 Å². The number of hydrogen-bond donors (Lipinski definition) is 4. The number of ether oxygens (including phenoxy) is 1. The molecule has 0 bridgehead atoms. The molecule has 3 aromatic rings. The Morgan fingerprint density at radius 1 is 1.06 bits per heavy atom. The molecule has 1 fully saturated rings. The monoisotopic (exact) mass is 880 g/mol. The number of carbonyl (C=O) groups is 5. The van der Waals surface area contributed by atoms with Gasteiger partial charge in [-0.3, -0.25) is 33.6 Å². The number of nitrogens with one attached hydrogen (secondary N) is 2. The van der Waals surface area contributed by atoms with E-state index in [9.17, 15) is 24.3 Å². The fourth-order valence-corrected chi connectivity index (χ4v) is 8.89. The Morgan fingerprint density at radius 2 is 1.77 bits per heavy atom. The Balaban J connectivity index is 1.63. The summed E-state index contributed by atoms with van der Waals surface area (Å²) in [5.74, 6) is -2.63. The van der Waals surface area contributed by atoms with Crippen molar-refractivity contribution in [1.29, 1.82) is 0 Å². The van der Waals surface area contributed by atoms with Crippen molar-refractivity contribution in [2.24, 2.45) is 24.3 Å². The van der Waals surface area contributed by atoms with Crippen LogP contribution in [0.5, 0.6) is 0 Å². The summed E-state index contributed by atoms with van der Waals surface area (Å²) in [5, 5.41) is 26.4. The third kappa shape index (κ3) is 14.3. The Kier molecular flexibility index (Phi) is 18.4. The molecule has 2 aromatic heterocycles. The summed E-state index contributed by atoms with van der Waals surface area (Å²) in [7, 11) is 3.77. The van der Waals surface area contributed by atoms with Gasteiger partial charge in [-0.2, -0.15) is 0 Å². The first-order valence-corrected chi connectivity index (χ1v) is 22.8. The van der Waals surface area contributed by atoms with E-state index in [1.807, 2.05) is 65.0 Å². The lowest BCUT2D eigenvalue weighted by atomic mass is 9.84. The number of unbranched alkanes of at least 4 members (excludes halogenated alkanes) is 1. The Morgan fingerprint density at radius 3 is 2.37 bits per heavy atom. The van der Waals surface area contributed by atoms with E-state index in [1.54, 1.807) is 36.0 Å². The number of piperidine rings is 1. The Labute approximate surface area is 370 Å². The smallest absolute Gasteiger partial charge is 0.309 e. The van der Waals surface area contributed by atoms with E-state index in [1.165, 1.54) is 18.3 Å². The third-order valence-electron chi connectivity index (χ3n) is 12.0. The number of aliphatic carboxylic acids is 1. The van der Waals surface area contributed by atoms with E-state index in [-0.39, 0.29) is 48.2 Å².